The smallest absolute Gasteiger partial charge is 0.257 e. The molecule has 0 bridgehead atoms. The SMILES string of the molecule is O=C(CSc1nc2cc(Cl)ccc2o1)NCCc1ccc(Cl)cc1. The molecule has 0 saturated heterocycles. The number of aromatic nitrogens is 1. The van der Waals surface area contributed by atoms with Crippen molar-refractivity contribution in [1.82, 2.24) is 10.3 Å². The molecule has 3 rings (SSSR count). The van der Waals surface area contributed by atoms with Crippen LogP contribution in [0.25, 0.3) is 11.1 Å². The third-order valence-corrected chi connectivity index (χ3v) is 4.62. The van der Waals surface area contributed by atoms with Gasteiger partial charge < -0.3 is 9.73 Å². The van der Waals surface area contributed by atoms with Crippen LogP contribution in [-0.2, 0) is 11.2 Å². The van der Waals surface area contributed by atoms with Crippen molar-refractivity contribution >= 4 is 52.0 Å². The van der Waals surface area contributed by atoms with Gasteiger partial charge in [0.25, 0.3) is 5.22 Å². The molecule has 0 radical (unpaired) electrons. The van der Waals surface area contributed by atoms with Gasteiger partial charge in [-0.3, -0.25) is 4.79 Å². The Morgan fingerprint density at radius 3 is 2.67 bits per heavy atom. The van der Waals surface area contributed by atoms with Crippen molar-refractivity contribution in [2.24, 2.45) is 0 Å². The number of fused-ring (bicyclic) bond motifs is 1. The number of carbonyl (C=O) groups is 1. The number of oxazole rings is 1. The summed E-state index contributed by atoms with van der Waals surface area (Å²) in [6, 6.07) is 12.8. The van der Waals surface area contributed by atoms with Crippen molar-refractivity contribution in [3.63, 3.8) is 0 Å². The van der Waals surface area contributed by atoms with Gasteiger partial charge in [0.15, 0.2) is 5.58 Å². The maximum absolute atomic E-state index is 11.9. The second-order valence-electron chi connectivity index (χ2n) is 5.11. The first-order chi connectivity index (χ1) is 11.6. The number of benzene rings is 2. The minimum absolute atomic E-state index is 0.0609. The fourth-order valence-electron chi connectivity index (χ4n) is 2.12. The Balaban J connectivity index is 1.45. The minimum atomic E-state index is -0.0609. The molecular formula is C17H14Cl2N2O2S. The number of amides is 1. The zero-order valence-electron chi connectivity index (χ0n) is 12.6. The molecular weight excluding hydrogens is 367 g/mol. The van der Waals surface area contributed by atoms with E-state index in [9.17, 15) is 4.79 Å². The summed E-state index contributed by atoms with van der Waals surface area (Å²) in [5, 5.41) is 4.65. The second kappa shape index (κ2) is 7.92. The highest BCUT2D eigenvalue weighted by Gasteiger charge is 2.09. The molecule has 1 heterocycles. The highest BCUT2D eigenvalue weighted by Crippen LogP contribution is 2.25. The zero-order chi connectivity index (χ0) is 16.9. The molecule has 1 aromatic heterocycles. The van der Waals surface area contributed by atoms with Crippen LogP contribution < -0.4 is 5.32 Å². The molecule has 24 heavy (non-hydrogen) atoms. The Kier molecular flexibility index (Phi) is 5.66. The van der Waals surface area contributed by atoms with Crippen LogP contribution in [0.5, 0.6) is 0 Å². The normalized spacial score (nSPS) is 10.9. The molecule has 124 valence electrons. The first kappa shape index (κ1) is 17.1. The first-order valence-electron chi connectivity index (χ1n) is 7.30. The number of rotatable bonds is 6. The number of hydrogen-bond acceptors (Lipinski definition) is 4. The Hall–Kier alpha value is -1.69. The molecule has 0 atom stereocenters. The van der Waals surface area contributed by atoms with E-state index >= 15 is 0 Å². The van der Waals surface area contributed by atoms with Crippen LogP contribution in [0.15, 0.2) is 52.1 Å². The number of nitrogens with zero attached hydrogens (tertiary/aromatic N) is 1. The Morgan fingerprint density at radius 2 is 1.88 bits per heavy atom. The van der Waals surface area contributed by atoms with Gasteiger partial charge in [0.2, 0.25) is 5.91 Å². The van der Waals surface area contributed by atoms with Crippen molar-refractivity contribution in [3.8, 4) is 0 Å². The van der Waals surface area contributed by atoms with E-state index < -0.39 is 0 Å². The van der Waals surface area contributed by atoms with E-state index in [0.717, 1.165) is 12.0 Å². The van der Waals surface area contributed by atoms with Crippen molar-refractivity contribution in [2.45, 2.75) is 11.6 Å². The fourth-order valence-corrected chi connectivity index (χ4v) is 3.08. The van der Waals surface area contributed by atoms with E-state index in [1.54, 1.807) is 18.2 Å². The molecule has 0 aliphatic carbocycles. The Labute approximate surface area is 153 Å². The summed E-state index contributed by atoms with van der Waals surface area (Å²) < 4.78 is 5.56. The summed E-state index contributed by atoms with van der Waals surface area (Å²) in [6.07, 6.45) is 0.759. The first-order valence-corrected chi connectivity index (χ1v) is 9.04. The highest BCUT2D eigenvalue weighted by molar-refractivity contribution is 7.99. The van der Waals surface area contributed by atoms with Gasteiger partial charge in [0.05, 0.1) is 5.75 Å². The van der Waals surface area contributed by atoms with Gasteiger partial charge in [0, 0.05) is 16.6 Å². The van der Waals surface area contributed by atoms with Gasteiger partial charge in [-0.25, -0.2) is 4.98 Å². The number of nitrogens with one attached hydrogen (secondary N) is 1. The molecule has 0 spiro atoms. The highest BCUT2D eigenvalue weighted by atomic mass is 35.5. The molecule has 0 unspecified atom stereocenters. The molecule has 1 amide bonds. The van der Waals surface area contributed by atoms with Crippen LogP contribution in [0.3, 0.4) is 0 Å². The van der Waals surface area contributed by atoms with Crippen LogP contribution in [0.1, 0.15) is 5.56 Å². The van der Waals surface area contributed by atoms with E-state index in [4.69, 9.17) is 27.6 Å². The number of hydrogen-bond donors (Lipinski definition) is 1. The zero-order valence-corrected chi connectivity index (χ0v) is 14.9. The van der Waals surface area contributed by atoms with Crippen LogP contribution >= 0.6 is 35.0 Å². The third kappa shape index (κ3) is 4.66. The standard InChI is InChI=1S/C17H14Cl2N2O2S/c18-12-3-1-11(2-4-12)7-8-20-16(22)10-24-17-21-14-9-13(19)5-6-15(14)23-17/h1-6,9H,7-8,10H2,(H,20,22). The largest absolute Gasteiger partial charge is 0.431 e. The number of carbonyl (C=O) groups excluding carboxylic acids is 1. The van der Waals surface area contributed by atoms with Crippen molar-refractivity contribution in [2.75, 3.05) is 12.3 Å². The summed E-state index contributed by atoms with van der Waals surface area (Å²) in [5.74, 6) is 0.190. The summed E-state index contributed by atoms with van der Waals surface area (Å²) in [4.78, 5) is 16.2. The predicted molar refractivity (Wildman–Crippen MR) is 97.9 cm³/mol. The van der Waals surface area contributed by atoms with E-state index in [1.165, 1.54) is 11.8 Å². The van der Waals surface area contributed by atoms with Crippen molar-refractivity contribution in [3.05, 3.63) is 58.1 Å². The maximum Gasteiger partial charge on any atom is 0.257 e. The fraction of sp³-hybridized carbons (Fsp3) is 0.176. The molecule has 0 saturated carbocycles. The van der Waals surface area contributed by atoms with Gasteiger partial charge >= 0.3 is 0 Å². The predicted octanol–water partition coefficient (Wildman–Crippen LogP) is 4.59. The van der Waals surface area contributed by atoms with Crippen molar-refractivity contribution in [1.29, 1.82) is 0 Å². The van der Waals surface area contributed by atoms with Crippen LogP contribution in [-0.4, -0.2) is 23.2 Å². The quantitative estimate of drug-likeness (QED) is 0.635. The lowest BCUT2D eigenvalue weighted by Crippen LogP contribution is -2.27. The van der Waals surface area contributed by atoms with Gasteiger partial charge in [-0.2, -0.15) is 0 Å². The lowest BCUT2D eigenvalue weighted by molar-refractivity contribution is -0.118. The lowest BCUT2D eigenvalue weighted by Gasteiger charge is -2.04. The van der Waals surface area contributed by atoms with Gasteiger partial charge in [-0.15, -0.1) is 0 Å². The average molecular weight is 381 g/mol. The van der Waals surface area contributed by atoms with E-state index in [-0.39, 0.29) is 11.7 Å². The molecule has 0 aliphatic rings. The molecule has 4 nitrogen and oxygen atoms in total. The number of halogens is 2. The van der Waals surface area contributed by atoms with Gasteiger partial charge in [-0.1, -0.05) is 47.1 Å². The molecule has 0 aliphatic heterocycles. The molecule has 0 fully saturated rings. The maximum atomic E-state index is 11.9. The van der Waals surface area contributed by atoms with Gasteiger partial charge in [-0.05, 0) is 42.3 Å². The van der Waals surface area contributed by atoms with E-state index in [1.807, 2.05) is 24.3 Å². The Bertz CT molecular complexity index is 849. The lowest BCUT2D eigenvalue weighted by atomic mass is 10.1. The summed E-state index contributed by atoms with van der Waals surface area (Å²) in [5.41, 5.74) is 2.47. The van der Waals surface area contributed by atoms with Crippen LogP contribution in [0.2, 0.25) is 10.0 Å². The minimum Gasteiger partial charge on any atom is -0.431 e. The van der Waals surface area contributed by atoms with Crippen LogP contribution in [0, 0.1) is 0 Å². The van der Waals surface area contributed by atoms with Gasteiger partial charge in [0.1, 0.15) is 5.52 Å². The van der Waals surface area contributed by atoms with E-state index in [2.05, 4.69) is 10.3 Å². The average Bonchev–Trinajstić information content (AvgIpc) is 2.97. The summed E-state index contributed by atoms with van der Waals surface area (Å²) >= 11 is 13.0. The topological polar surface area (TPSA) is 55.1 Å². The molecule has 2 aromatic carbocycles. The molecule has 3 aromatic rings. The van der Waals surface area contributed by atoms with Crippen LogP contribution in [0.4, 0.5) is 0 Å². The second-order valence-corrected chi connectivity index (χ2v) is 6.91. The third-order valence-electron chi connectivity index (χ3n) is 3.31. The number of thioether (sulfide) groups is 1. The summed E-state index contributed by atoms with van der Waals surface area (Å²) in [6.45, 7) is 0.574. The van der Waals surface area contributed by atoms with Crippen molar-refractivity contribution < 1.29 is 9.21 Å². The monoisotopic (exact) mass is 380 g/mol. The van der Waals surface area contributed by atoms with E-state index in [0.29, 0.717) is 32.9 Å². The molecule has 7 heteroatoms. The summed E-state index contributed by atoms with van der Waals surface area (Å²) in [7, 11) is 0. The molecule has 1 N–H and O–H groups in total. The Morgan fingerprint density at radius 1 is 1.12 bits per heavy atom.